The maximum Gasteiger partial charge on any atom is 0.0916 e. The fourth-order valence-corrected chi connectivity index (χ4v) is 1.71. The predicted octanol–water partition coefficient (Wildman–Crippen LogP) is 3.30. The molecular weight excluding hydrogens is 188 g/mol. The lowest BCUT2D eigenvalue weighted by molar-refractivity contribution is -0.0814. The minimum Gasteiger partial charge on any atom is -0.393 e. The van der Waals surface area contributed by atoms with E-state index >= 15 is 0 Å². The molecule has 0 aromatic carbocycles. The van der Waals surface area contributed by atoms with E-state index in [1.54, 1.807) is 6.08 Å². The summed E-state index contributed by atoms with van der Waals surface area (Å²) in [4.78, 5) is 0. The Balaban J connectivity index is 4.22. The summed E-state index contributed by atoms with van der Waals surface area (Å²) in [5.41, 5.74) is -0.319. The van der Waals surface area contributed by atoms with E-state index in [4.69, 9.17) is 4.74 Å². The smallest absolute Gasteiger partial charge is 0.0916 e. The highest BCUT2D eigenvalue weighted by Gasteiger charge is 2.28. The van der Waals surface area contributed by atoms with Crippen LogP contribution in [-0.4, -0.2) is 23.9 Å². The minimum atomic E-state index is -0.319. The molecule has 15 heavy (non-hydrogen) atoms. The molecule has 0 amide bonds. The third kappa shape index (κ3) is 5.95. The van der Waals surface area contributed by atoms with Crippen LogP contribution in [0.1, 0.15) is 52.4 Å². The number of rotatable bonds is 10. The van der Waals surface area contributed by atoms with Crippen molar-refractivity contribution in [1.82, 2.24) is 0 Å². The minimum absolute atomic E-state index is 0.126. The van der Waals surface area contributed by atoms with Crippen molar-refractivity contribution in [2.45, 2.75) is 58.0 Å². The van der Waals surface area contributed by atoms with Gasteiger partial charge in [-0.05, 0) is 12.8 Å². The highest BCUT2D eigenvalue weighted by Crippen LogP contribution is 2.25. The van der Waals surface area contributed by atoms with E-state index in [0.717, 1.165) is 38.5 Å². The topological polar surface area (TPSA) is 29.5 Å². The molecule has 0 atom stereocenters. The van der Waals surface area contributed by atoms with Gasteiger partial charge in [0.2, 0.25) is 0 Å². The van der Waals surface area contributed by atoms with Crippen molar-refractivity contribution in [1.29, 1.82) is 0 Å². The van der Waals surface area contributed by atoms with Gasteiger partial charge in [0, 0.05) is 0 Å². The van der Waals surface area contributed by atoms with Gasteiger partial charge in [0.05, 0.1) is 18.8 Å². The largest absolute Gasteiger partial charge is 0.393 e. The standard InChI is InChI=1S/C13H26O2/c1-4-7-9-13(12-14,10-8-5-2)15-11-6-3/h6,14H,3-5,7-12H2,1-2H3. The van der Waals surface area contributed by atoms with Crippen molar-refractivity contribution in [3.63, 3.8) is 0 Å². The van der Waals surface area contributed by atoms with E-state index in [1.165, 1.54) is 0 Å². The highest BCUT2D eigenvalue weighted by molar-refractivity contribution is 4.82. The van der Waals surface area contributed by atoms with E-state index < -0.39 is 0 Å². The third-order valence-corrected chi connectivity index (χ3v) is 2.77. The summed E-state index contributed by atoms with van der Waals surface area (Å²) < 4.78 is 5.76. The Morgan fingerprint density at radius 1 is 1.20 bits per heavy atom. The number of hydrogen-bond acceptors (Lipinski definition) is 2. The SMILES string of the molecule is C=CCOC(CO)(CCCC)CCCC. The molecule has 0 aliphatic rings. The van der Waals surface area contributed by atoms with Crippen LogP contribution in [0.4, 0.5) is 0 Å². The van der Waals surface area contributed by atoms with Crippen molar-refractivity contribution in [2.24, 2.45) is 0 Å². The van der Waals surface area contributed by atoms with Crippen molar-refractivity contribution >= 4 is 0 Å². The summed E-state index contributed by atoms with van der Waals surface area (Å²) in [5.74, 6) is 0. The Morgan fingerprint density at radius 2 is 1.73 bits per heavy atom. The van der Waals surface area contributed by atoms with Crippen molar-refractivity contribution < 1.29 is 9.84 Å². The fourth-order valence-electron chi connectivity index (χ4n) is 1.71. The van der Waals surface area contributed by atoms with Gasteiger partial charge in [-0.25, -0.2) is 0 Å². The molecule has 0 bridgehead atoms. The zero-order valence-corrected chi connectivity index (χ0v) is 10.3. The zero-order valence-electron chi connectivity index (χ0n) is 10.3. The van der Waals surface area contributed by atoms with Gasteiger partial charge in [0.15, 0.2) is 0 Å². The molecule has 0 rings (SSSR count). The molecule has 0 aliphatic carbocycles. The predicted molar refractivity (Wildman–Crippen MR) is 65.0 cm³/mol. The maximum atomic E-state index is 9.50. The quantitative estimate of drug-likeness (QED) is 0.565. The fraction of sp³-hybridized carbons (Fsp3) is 0.846. The number of aliphatic hydroxyl groups excluding tert-OH is 1. The van der Waals surface area contributed by atoms with Crippen molar-refractivity contribution in [2.75, 3.05) is 13.2 Å². The van der Waals surface area contributed by atoms with E-state index in [2.05, 4.69) is 20.4 Å². The van der Waals surface area contributed by atoms with Gasteiger partial charge in [0.1, 0.15) is 0 Å². The van der Waals surface area contributed by atoms with Crippen LogP contribution in [0.2, 0.25) is 0 Å². The Kier molecular flexibility index (Phi) is 8.73. The number of ether oxygens (including phenoxy) is 1. The molecule has 2 nitrogen and oxygen atoms in total. The molecule has 0 fully saturated rings. The molecular formula is C13H26O2. The average Bonchev–Trinajstić information content (AvgIpc) is 2.29. The molecule has 0 heterocycles. The number of unbranched alkanes of at least 4 members (excludes halogenated alkanes) is 2. The second kappa shape index (κ2) is 8.93. The van der Waals surface area contributed by atoms with Crippen LogP contribution >= 0.6 is 0 Å². The first-order valence-corrected chi connectivity index (χ1v) is 6.10. The molecule has 0 spiro atoms. The van der Waals surface area contributed by atoms with Crippen LogP contribution in [-0.2, 0) is 4.74 Å². The van der Waals surface area contributed by atoms with E-state index in [1.807, 2.05) is 0 Å². The van der Waals surface area contributed by atoms with Crippen molar-refractivity contribution in [3.8, 4) is 0 Å². The molecule has 0 radical (unpaired) electrons. The van der Waals surface area contributed by atoms with Crippen molar-refractivity contribution in [3.05, 3.63) is 12.7 Å². The summed E-state index contributed by atoms with van der Waals surface area (Å²) in [7, 11) is 0. The second-order valence-electron chi connectivity index (χ2n) is 4.15. The van der Waals surface area contributed by atoms with Gasteiger partial charge in [-0.3, -0.25) is 0 Å². The van der Waals surface area contributed by atoms with E-state index in [9.17, 15) is 5.11 Å². The Hall–Kier alpha value is -0.340. The Bertz CT molecular complexity index is 147. The third-order valence-electron chi connectivity index (χ3n) is 2.77. The van der Waals surface area contributed by atoms with Crippen LogP contribution in [0.3, 0.4) is 0 Å². The van der Waals surface area contributed by atoms with Gasteiger partial charge in [-0.1, -0.05) is 45.6 Å². The lowest BCUT2D eigenvalue weighted by atomic mass is 9.91. The molecule has 0 aromatic rings. The molecule has 2 heteroatoms. The first-order valence-electron chi connectivity index (χ1n) is 6.10. The molecule has 0 unspecified atom stereocenters. The molecule has 0 aliphatic heterocycles. The monoisotopic (exact) mass is 214 g/mol. The van der Waals surface area contributed by atoms with Crippen LogP contribution < -0.4 is 0 Å². The van der Waals surface area contributed by atoms with Gasteiger partial charge >= 0.3 is 0 Å². The summed E-state index contributed by atoms with van der Waals surface area (Å²) >= 11 is 0. The van der Waals surface area contributed by atoms with E-state index in [-0.39, 0.29) is 12.2 Å². The summed E-state index contributed by atoms with van der Waals surface area (Å²) in [6.45, 7) is 8.64. The summed E-state index contributed by atoms with van der Waals surface area (Å²) in [6.07, 6.45) is 8.17. The van der Waals surface area contributed by atoms with Crippen LogP contribution in [0.25, 0.3) is 0 Å². The van der Waals surface area contributed by atoms with Gasteiger partial charge < -0.3 is 9.84 Å². The first-order chi connectivity index (χ1) is 7.24. The Morgan fingerprint density at radius 3 is 2.07 bits per heavy atom. The summed E-state index contributed by atoms with van der Waals surface area (Å²) in [5, 5.41) is 9.50. The van der Waals surface area contributed by atoms with Crippen LogP contribution in [0.5, 0.6) is 0 Å². The summed E-state index contributed by atoms with van der Waals surface area (Å²) in [6, 6.07) is 0. The second-order valence-corrected chi connectivity index (χ2v) is 4.15. The normalized spacial score (nSPS) is 11.7. The van der Waals surface area contributed by atoms with Gasteiger partial charge in [0.25, 0.3) is 0 Å². The number of aliphatic hydroxyl groups is 1. The van der Waals surface area contributed by atoms with E-state index in [0.29, 0.717) is 6.61 Å². The highest BCUT2D eigenvalue weighted by atomic mass is 16.5. The molecule has 1 N–H and O–H groups in total. The maximum absolute atomic E-state index is 9.50. The average molecular weight is 214 g/mol. The lowest BCUT2D eigenvalue weighted by Gasteiger charge is -2.32. The Labute approximate surface area is 94.3 Å². The van der Waals surface area contributed by atoms with Gasteiger partial charge in [-0.2, -0.15) is 0 Å². The molecule has 0 saturated heterocycles. The van der Waals surface area contributed by atoms with Crippen LogP contribution in [0, 0.1) is 0 Å². The lowest BCUT2D eigenvalue weighted by Crippen LogP contribution is -2.37. The molecule has 0 aromatic heterocycles. The first kappa shape index (κ1) is 14.7. The molecule has 90 valence electrons. The number of hydrogen-bond donors (Lipinski definition) is 1. The van der Waals surface area contributed by atoms with Gasteiger partial charge in [-0.15, -0.1) is 6.58 Å². The zero-order chi connectivity index (χ0) is 11.6. The molecule has 0 saturated carbocycles. The van der Waals surface area contributed by atoms with Crippen LogP contribution in [0.15, 0.2) is 12.7 Å².